The van der Waals surface area contributed by atoms with Gasteiger partial charge in [-0.3, -0.25) is 14.5 Å². The third kappa shape index (κ3) is 5.57. The van der Waals surface area contributed by atoms with Gasteiger partial charge in [0.05, 0.1) is 12.0 Å². The number of rotatable bonds is 8. The van der Waals surface area contributed by atoms with Gasteiger partial charge in [-0.1, -0.05) is 35.5 Å². The number of methoxy groups -OCH3 is 1. The van der Waals surface area contributed by atoms with Gasteiger partial charge in [0, 0.05) is 18.7 Å². The standard InChI is InChI=1S/C22H23N3O5S2/c1-4-13-25-21(27)19(14-20(26)23-16-7-9-17(30-3)10-8-16)31-22(25)24-32(28,29)18-11-5-15(2)6-12-18/h4-12,19H,1,13-14H2,2-3H3,(H,23,26)/t19-/m1/s1. The van der Waals surface area contributed by atoms with Crippen molar-refractivity contribution in [3.63, 3.8) is 0 Å². The van der Waals surface area contributed by atoms with Crippen LogP contribution in [0.25, 0.3) is 0 Å². The number of nitrogens with zero attached hydrogens (tertiary/aromatic N) is 2. The van der Waals surface area contributed by atoms with Crippen LogP contribution in [0.2, 0.25) is 0 Å². The molecule has 1 heterocycles. The zero-order valence-electron chi connectivity index (χ0n) is 17.6. The first-order valence-corrected chi connectivity index (χ1v) is 12.0. The van der Waals surface area contributed by atoms with Gasteiger partial charge in [0.25, 0.3) is 10.0 Å². The summed E-state index contributed by atoms with van der Waals surface area (Å²) in [7, 11) is -2.47. The maximum absolute atomic E-state index is 12.8. The van der Waals surface area contributed by atoms with Crippen LogP contribution in [0.15, 0.2) is 70.5 Å². The van der Waals surface area contributed by atoms with E-state index in [0.717, 1.165) is 17.3 Å². The summed E-state index contributed by atoms with van der Waals surface area (Å²) in [6.07, 6.45) is 1.35. The number of carbonyl (C=O) groups is 2. The molecule has 0 aromatic heterocycles. The van der Waals surface area contributed by atoms with Crippen LogP contribution >= 0.6 is 11.8 Å². The van der Waals surface area contributed by atoms with Crippen LogP contribution in [0.5, 0.6) is 5.75 Å². The van der Waals surface area contributed by atoms with Crippen molar-refractivity contribution >= 4 is 44.5 Å². The Morgan fingerprint density at radius 1 is 1.22 bits per heavy atom. The minimum atomic E-state index is -4.02. The summed E-state index contributed by atoms with van der Waals surface area (Å²) in [5, 5.41) is 1.96. The number of benzene rings is 2. The summed E-state index contributed by atoms with van der Waals surface area (Å²) in [4.78, 5) is 26.6. The molecule has 0 spiro atoms. The SMILES string of the molecule is C=CCN1C(=O)[C@@H](CC(=O)Nc2ccc(OC)cc2)SC1=NS(=O)(=O)c1ccc(C)cc1. The second-order valence-electron chi connectivity index (χ2n) is 6.99. The number of sulfonamides is 1. The van der Waals surface area contributed by atoms with Crippen LogP contribution in [0.4, 0.5) is 5.69 Å². The Morgan fingerprint density at radius 3 is 2.47 bits per heavy atom. The zero-order chi connectivity index (χ0) is 23.3. The molecular weight excluding hydrogens is 450 g/mol. The first kappa shape index (κ1) is 23.6. The average Bonchev–Trinajstić information content (AvgIpc) is 3.03. The molecule has 0 bridgehead atoms. The highest BCUT2D eigenvalue weighted by Gasteiger charge is 2.39. The van der Waals surface area contributed by atoms with Crippen LogP contribution in [-0.4, -0.2) is 49.2 Å². The van der Waals surface area contributed by atoms with Crippen molar-refractivity contribution in [1.29, 1.82) is 0 Å². The van der Waals surface area contributed by atoms with Crippen LogP contribution in [0.1, 0.15) is 12.0 Å². The average molecular weight is 474 g/mol. The summed E-state index contributed by atoms with van der Waals surface area (Å²) in [5.74, 6) is -0.111. The minimum Gasteiger partial charge on any atom is -0.497 e. The predicted molar refractivity (Wildman–Crippen MR) is 125 cm³/mol. The molecular formula is C22H23N3O5S2. The molecule has 32 heavy (non-hydrogen) atoms. The number of ether oxygens (including phenoxy) is 1. The normalized spacial score (nSPS) is 17.4. The highest BCUT2D eigenvalue weighted by molar-refractivity contribution is 8.16. The van der Waals surface area contributed by atoms with E-state index in [9.17, 15) is 18.0 Å². The largest absolute Gasteiger partial charge is 0.497 e. The number of aryl methyl sites for hydroxylation is 1. The number of thioether (sulfide) groups is 1. The Morgan fingerprint density at radius 2 is 1.88 bits per heavy atom. The second-order valence-corrected chi connectivity index (χ2v) is 9.76. The fourth-order valence-electron chi connectivity index (χ4n) is 2.93. The van der Waals surface area contributed by atoms with Crippen molar-refractivity contribution in [2.45, 2.75) is 23.5 Å². The van der Waals surface area contributed by atoms with Crippen molar-refractivity contribution in [2.24, 2.45) is 4.40 Å². The van der Waals surface area contributed by atoms with Crippen molar-refractivity contribution in [3.05, 3.63) is 66.7 Å². The highest BCUT2D eigenvalue weighted by atomic mass is 32.2. The third-order valence-corrected chi connectivity index (χ3v) is 7.17. The van der Waals surface area contributed by atoms with Gasteiger partial charge in [-0.05, 0) is 43.3 Å². The minimum absolute atomic E-state index is 0.0257. The first-order chi connectivity index (χ1) is 15.2. The molecule has 168 valence electrons. The van der Waals surface area contributed by atoms with Gasteiger partial charge in [-0.15, -0.1) is 11.0 Å². The van der Waals surface area contributed by atoms with E-state index in [2.05, 4.69) is 16.3 Å². The summed E-state index contributed by atoms with van der Waals surface area (Å²) in [6, 6.07) is 13.1. The van der Waals surface area contributed by atoms with Crippen LogP contribution in [0, 0.1) is 6.92 Å². The molecule has 8 nitrogen and oxygen atoms in total. The van der Waals surface area contributed by atoms with E-state index < -0.39 is 21.2 Å². The van der Waals surface area contributed by atoms with Crippen LogP contribution in [-0.2, 0) is 19.6 Å². The molecule has 1 aliphatic heterocycles. The monoisotopic (exact) mass is 473 g/mol. The molecule has 2 aromatic carbocycles. The highest BCUT2D eigenvalue weighted by Crippen LogP contribution is 2.31. The number of anilines is 1. The van der Waals surface area contributed by atoms with E-state index in [-0.39, 0.29) is 28.9 Å². The molecule has 2 amide bonds. The Hall–Kier alpha value is -3.11. The van der Waals surface area contributed by atoms with Gasteiger partial charge in [0.1, 0.15) is 11.0 Å². The maximum Gasteiger partial charge on any atom is 0.284 e. The summed E-state index contributed by atoms with van der Waals surface area (Å²) in [5.41, 5.74) is 1.48. The molecule has 1 aliphatic rings. The maximum atomic E-state index is 12.8. The lowest BCUT2D eigenvalue weighted by molar-refractivity contribution is -0.127. The molecule has 0 radical (unpaired) electrons. The van der Waals surface area contributed by atoms with Crippen molar-refractivity contribution < 1.29 is 22.7 Å². The van der Waals surface area contributed by atoms with Gasteiger partial charge in [0.15, 0.2) is 5.17 Å². The van der Waals surface area contributed by atoms with Crippen LogP contribution < -0.4 is 10.1 Å². The fourth-order valence-corrected chi connectivity index (χ4v) is 5.29. The molecule has 2 aromatic rings. The van der Waals surface area contributed by atoms with E-state index in [1.54, 1.807) is 43.5 Å². The molecule has 1 fully saturated rings. The van der Waals surface area contributed by atoms with E-state index in [4.69, 9.17) is 4.74 Å². The third-order valence-electron chi connectivity index (χ3n) is 4.59. The molecule has 1 saturated heterocycles. The number of carbonyl (C=O) groups excluding carboxylic acids is 2. The summed E-state index contributed by atoms with van der Waals surface area (Å²) >= 11 is 0.955. The van der Waals surface area contributed by atoms with Gasteiger partial charge >= 0.3 is 0 Å². The van der Waals surface area contributed by atoms with Crippen molar-refractivity contribution in [1.82, 2.24) is 4.90 Å². The lowest BCUT2D eigenvalue weighted by Crippen LogP contribution is -2.33. The Labute approximate surface area is 191 Å². The molecule has 10 heteroatoms. The van der Waals surface area contributed by atoms with E-state index in [1.165, 1.54) is 23.1 Å². The van der Waals surface area contributed by atoms with Crippen molar-refractivity contribution in [2.75, 3.05) is 19.0 Å². The van der Waals surface area contributed by atoms with Gasteiger partial charge in [0.2, 0.25) is 11.8 Å². The topological polar surface area (TPSA) is 105 Å². The van der Waals surface area contributed by atoms with Crippen LogP contribution in [0.3, 0.4) is 0 Å². The molecule has 1 N–H and O–H groups in total. The lowest BCUT2D eigenvalue weighted by Gasteiger charge is -2.13. The summed E-state index contributed by atoms with van der Waals surface area (Å²) in [6.45, 7) is 5.55. The Balaban J connectivity index is 1.76. The molecule has 0 saturated carbocycles. The molecule has 0 unspecified atom stereocenters. The first-order valence-electron chi connectivity index (χ1n) is 9.68. The smallest absolute Gasteiger partial charge is 0.284 e. The van der Waals surface area contributed by atoms with E-state index >= 15 is 0 Å². The Bertz CT molecular complexity index is 1140. The van der Waals surface area contributed by atoms with Gasteiger partial charge in [-0.2, -0.15) is 8.42 Å². The summed E-state index contributed by atoms with van der Waals surface area (Å²) < 4.78 is 34.4. The van der Waals surface area contributed by atoms with Gasteiger partial charge in [-0.25, -0.2) is 0 Å². The number of amides is 2. The van der Waals surface area contributed by atoms with Gasteiger partial charge < -0.3 is 10.1 Å². The quantitative estimate of drug-likeness (QED) is 0.591. The number of hydrogen-bond acceptors (Lipinski definition) is 6. The number of amidine groups is 1. The lowest BCUT2D eigenvalue weighted by atomic mass is 10.2. The fraction of sp³-hybridized carbons (Fsp3) is 0.227. The zero-order valence-corrected chi connectivity index (χ0v) is 19.3. The molecule has 0 aliphatic carbocycles. The molecule has 1 atom stereocenters. The second kappa shape index (κ2) is 10.0. The van der Waals surface area contributed by atoms with Crippen molar-refractivity contribution in [3.8, 4) is 5.75 Å². The number of nitrogens with one attached hydrogen (secondary N) is 1. The molecule has 3 rings (SSSR count). The van der Waals surface area contributed by atoms with E-state index in [1.807, 2.05) is 6.92 Å². The van der Waals surface area contributed by atoms with E-state index in [0.29, 0.717) is 11.4 Å². The predicted octanol–water partition coefficient (Wildman–Crippen LogP) is 3.21. The Kier molecular flexibility index (Phi) is 7.37. The number of hydrogen-bond donors (Lipinski definition) is 1.